The fourth-order valence-corrected chi connectivity index (χ4v) is 3.63. The lowest BCUT2D eigenvalue weighted by Crippen LogP contribution is -2.35. The van der Waals surface area contributed by atoms with Crippen LogP contribution in [0.5, 0.6) is 0 Å². The summed E-state index contributed by atoms with van der Waals surface area (Å²) in [5.41, 5.74) is 3.35. The van der Waals surface area contributed by atoms with Crippen LogP contribution in [0.4, 0.5) is 0 Å². The summed E-state index contributed by atoms with van der Waals surface area (Å²) in [4.78, 5) is 24.2. The number of nitrogens with one attached hydrogen (secondary N) is 1. The number of rotatable bonds is 4. The minimum absolute atomic E-state index is 0.0860. The number of amides is 1. The number of carbonyl (C=O) groups is 2. The SMILES string of the molecule is O=C(/C=C/C(=O)c1ccc2c(c1)CCCC2)NC1CCCCC1. The molecule has 3 rings (SSSR count). The summed E-state index contributed by atoms with van der Waals surface area (Å²) in [6, 6.07) is 6.23. The molecule has 1 fully saturated rings. The van der Waals surface area contributed by atoms with Gasteiger partial charge in [0.2, 0.25) is 5.91 Å². The maximum absolute atomic E-state index is 12.3. The Hall–Kier alpha value is -1.90. The number of aryl methyl sites for hydroxylation is 2. The Labute approximate surface area is 138 Å². The van der Waals surface area contributed by atoms with Crippen molar-refractivity contribution in [3.05, 3.63) is 47.0 Å². The molecule has 3 nitrogen and oxygen atoms in total. The molecule has 1 saturated carbocycles. The molecule has 0 aromatic heterocycles. The lowest BCUT2D eigenvalue weighted by Gasteiger charge is -2.21. The fourth-order valence-electron chi connectivity index (χ4n) is 3.63. The second-order valence-corrected chi connectivity index (χ2v) is 6.73. The highest BCUT2D eigenvalue weighted by Gasteiger charge is 2.15. The Morgan fingerprint density at radius 3 is 2.43 bits per heavy atom. The van der Waals surface area contributed by atoms with Crippen LogP contribution in [0.2, 0.25) is 0 Å². The van der Waals surface area contributed by atoms with Crippen LogP contribution in [0.3, 0.4) is 0 Å². The minimum atomic E-state index is -0.150. The Morgan fingerprint density at radius 2 is 1.65 bits per heavy atom. The van der Waals surface area contributed by atoms with E-state index in [2.05, 4.69) is 11.4 Å². The molecule has 2 aliphatic rings. The summed E-state index contributed by atoms with van der Waals surface area (Å²) in [6.45, 7) is 0. The molecular weight excluding hydrogens is 286 g/mol. The van der Waals surface area contributed by atoms with Crippen LogP contribution in [0.1, 0.15) is 66.4 Å². The second-order valence-electron chi connectivity index (χ2n) is 6.73. The fraction of sp³-hybridized carbons (Fsp3) is 0.500. The van der Waals surface area contributed by atoms with Gasteiger partial charge in [0.1, 0.15) is 0 Å². The van der Waals surface area contributed by atoms with Crippen LogP contribution in [0.25, 0.3) is 0 Å². The molecule has 0 radical (unpaired) electrons. The van der Waals surface area contributed by atoms with Gasteiger partial charge in [-0.1, -0.05) is 31.4 Å². The summed E-state index contributed by atoms with van der Waals surface area (Å²) in [6.07, 6.45) is 13.1. The number of benzene rings is 1. The van der Waals surface area contributed by atoms with Crippen LogP contribution in [0.15, 0.2) is 30.4 Å². The van der Waals surface area contributed by atoms with Crippen molar-refractivity contribution >= 4 is 11.7 Å². The van der Waals surface area contributed by atoms with Gasteiger partial charge in [-0.3, -0.25) is 9.59 Å². The highest BCUT2D eigenvalue weighted by Crippen LogP contribution is 2.22. The largest absolute Gasteiger partial charge is 0.350 e. The maximum Gasteiger partial charge on any atom is 0.244 e. The molecular formula is C20H25NO2. The summed E-state index contributed by atoms with van der Waals surface area (Å²) >= 11 is 0. The number of hydrogen-bond acceptors (Lipinski definition) is 2. The first-order valence-electron chi connectivity index (χ1n) is 8.87. The van der Waals surface area contributed by atoms with E-state index in [-0.39, 0.29) is 17.7 Å². The summed E-state index contributed by atoms with van der Waals surface area (Å²) in [5, 5.41) is 3.00. The zero-order valence-corrected chi connectivity index (χ0v) is 13.6. The quantitative estimate of drug-likeness (QED) is 0.680. The number of ketones is 1. The van der Waals surface area contributed by atoms with Crippen molar-refractivity contribution in [1.29, 1.82) is 0 Å². The molecule has 0 heterocycles. The van der Waals surface area contributed by atoms with Crippen molar-refractivity contribution in [2.45, 2.75) is 63.8 Å². The van der Waals surface area contributed by atoms with Crippen LogP contribution >= 0.6 is 0 Å². The van der Waals surface area contributed by atoms with E-state index in [1.54, 1.807) is 0 Å². The Morgan fingerprint density at radius 1 is 0.913 bits per heavy atom. The van der Waals surface area contributed by atoms with Crippen LogP contribution in [-0.4, -0.2) is 17.7 Å². The van der Waals surface area contributed by atoms with E-state index in [4.69, 9.17) is 0 Å². The van der Waals surface area contributed by atoms with Gasteiger partial charge in [0.15, 0.2) is 5.78 Å². The number of carbonyl (C=O) groups excluding carboxylic acids is 2. The number of fused-ring (bicyclic) bond motifs is 1. The molecule has 0 unspecified atom stereocenters. The first-order valence-corrected chi connectivity index (χ1v) is 8.87. The topological polar surface area (TPSA) is 46.2 Å². The van der Waals surface area contributed by atoms with Crippen molar-refractivity contribution < 1.29 is 9.59 Å². The normalized spacial score (nSPS) is 18.6. The molecule has 0 spiro atoms. The average Bonchev–Trinajstić information content (AvgIpc) is 2.60. The van der Waals surface area contributed by atoms with Gasteiger partial charge in [0.05, 0.1) is 0 Å². The average molecular weight is 311 g/mol. The van der Waals surface area contributed by atoms with Crippen molar-refractivity contribution in [1.82, 2.24) is 5.32 Å². The zero-order valence-electron chi connectivity index (χ0n) is 13.6. The zero-order chi connectivity index (χ0) is 16.1. The second kappa shape index (κ2) is 7.58. The van der Waals surface area contributed by atoms with Crippen LogP contribution in [0, 0.1) is 0 Å². The summed E-state index contributed by atoms with van der Waals surface area (Å²) < 4.78 is 0. The van der Waals surface area contributed by atoms with Crippen molar-refractivity contribution in [2.24, 2.45) is 0 Å². The molecule has 0 saturated heterocycles. The Bertz CT molecular complexity index is 612. The van der Waals surface area contributed by atoms with Crippen molar-refractivity contribution in [2.75, 3.05) is 0 Å². The molecule has 1 amide bonds. The lowest BCUT2D eigenvalue weighted by atomic mass is 9.90. The molecule has 0 bridgehead atoms. The van der Waals surface area contributed by atoms with E-state index >= 15 is 0 Å². The third-order valence-electron chi connectivity index (χ3n) is 4.97. The molecule has 2 aliphatic carbocycles. The Balaban J connectivity index is 1.58. The van der Waals surface area contributed by atoms with Gasteiger partial charge < -0.3 is 5.32 Å². The third-order valence-corrected chi connectivity index (χ3v) is 4.97. The van der Waals surface area contributed by atoms with Gasteiger partial charge in [-0.15, -0.1) is 0 Å². The third kappa shape index (κ3) is 4.31. The number of hydrogen-bond donors (Lipinski definition) is 1. The Kier molecular flexibility index (Phi) is 5.27. The maximum atomic E-state index is 12.3. The van der Waals surface area contributed by atoms with E-state index in [1.807, 2.05) is 12.1 Å². The van der Waals surface area contributed by atoms with Crippen LogP contribution < -0.4 is 5.32 Å². The summed E-state index contributed by atoms with van der Waals surface area (Å²) in [7, 11) is 0. The summed E-state index contributed by atoms with van der Waals surface area (Å²) in [5.74, 6) is -0.236. The van der Waals surface area contributed by atoms with E-state index < -0.39 is 0 Å². The van der Waals surface area contributed by atoms with Crippen molar-refractivity contribution in [3.63, 3.8) is 0 Å². The highest BCUT2D eigenvalue weighted by molar-refractivity contribution is 6.07. The van der Waals surface area contributed by atoms with Crippen LogP contribution in [-0.2, 0) is 17.6 Å². The van der Waals surface area contributed by atoms with Gasteiger partial charge in [-0.2, -0.15) is 0 Å². The van der Waals surface area contributed by atoms with E-state index in [1.165, 1.54) is 55.4 Å². The molecule has 1 aromatic carbocycles. The molecule has 122 valence electrons. The first kappa shape index (κ1) is 16.0. The van der Waals surface area contributed by atoms with Gasteiger partial charge in [0.25, 0.3) is 0 Å². The standard InChI is InChI=1S/C20H25NO2/c22-19(12-13-20(23)21-18-8-2-1-3-9-18)17-11-10-15-6-4-5-7-16(15)14-17/h10-14,18H,1-9H2,(H,21,23)/b13-12+. The molecule has 3 heteroatoms. The van der Waals surface area contributed by atoms with E-state index in [9.17, 15) is 9.59 Å². The molecule has 0 atom stereocenters. The minimum Gasteiger partial charge on any atom is -0.350 e. The van der Waals surface area contributed by atoms with Gasteiger partial charge in [0, 0.05) is 17.7 Å². The molecule has 0 aliphatic heterocycles. The number of allylic oxidation sites excluding steroid dienone is 1. The van der Waals surface area contributed by atoms with E-state index in [0.29, 0.717) is 5.56 Å². The smallest absolute Gasteiger partial charge is 0.244 e. The van der Waals surface area contributed by atoms with Crippen molar-refractivity contribution in [3.8, 4) is 0 Å². The monoisotopic (exact) mass is 311 g/mol. The molecule has 23 heavy (non-hydrogen) atoms. The molecule has 1 N–H and O–H groups in total. The molecule has 1 aromatic rings. The first-order chi connectivity index (χ1) is 11.2. The van der Waals surface area contributed by atoms with E-state index in [0.717, 1.165) is 25.7 Å². The van der Waals surface area contributed by atoms with Gasteiger partial charge >= 0.3 is 0 Å². The predicted octanol–water partition coefficient (Wildman–Crippen LogP) is 3.75. The highest BCUT2D eigenvalue weighted by atomic mass is 16.1. The van der Waals surface area contributed by atoms with Gasteiger partial charge in [-0.05, 0) is 61.8 Å². The van der Waals surface area contributed by atoms with Gasteiger partial charge in [-0.25, -0.2) is 0 Å². The predicted molar refractivity (Wildman–Crippen MR) is 91.6 cm³/mol. The lowest BCUT2D eigenvalue weighted by molar-refractivity contribution is -0.117.